The van der Waals surface area contributed by atoms with Gasteiger partial charge in [-0.1, -0.05) is 17.7 Å². The minimum atomic E-state index is -3.70. The quantitative estimate of drug-likeness (QED) is 0.730. The Morgan fingerprint density at radius 3 is 2.32 bits per heavy atom. The van der Waals surface area contributed by atoms with E-state index in [2.05, 4.69) is 9.82 Å². The van der Waals surface area contributed by atoms with Crippen LogP contribution in [-0.2, 0) is 25.9 Å². The summed E-state index contributed by atoms with van der Waals surface area (Å²) in [7, 11) is -4.56. The summed E-state index contributed by atoms with van der Waals surface area (Å²) in [5, 5.41) is 4.41. The molecule has 2 aromatic rings. The van der Waals surface area contributed by atoms with Gasteiger partial charge in [0.15, 0.2) is 5.82 Å². The van der Waals surface area contributed by atoms with Gasteiger partial charge >= 0.3 is 7.12 Å². The van der Waals surface area contributed by atoms with Crippen LogP contribution in [0.2, 0.25) is 5.02 Å². The molecule has 1 aromatic heterocycles. The van der Waals surface area contributed by atoms with Crippen molar-refractivity contribution < 1.29 is 26.5 Å². The summed E-state index contributed by atoms with van der Waals surface area (Å²) in [5.41, 5.74) is -0.624. The number of halogens is 3. The van der Waals surface area contributed by atoms with Crippen LogP contribution in [0.25, 0.3) is 10.9 Å². The fourth-order valence-corrected chi connectivity index (χ4v) is 3.71. The van der Waals surface area contributed by atoms with Crippen LogP contribution in [0.1, 0.15) is 27.7 Å². The summed E-state index contributed by atoms with van der Waals surface area (Å²) in [4.78, 5) is 0. The zero-order valence-electron chi connectivity index (χ0n) is 16.1. The fourth-order valence-electron chi connectivity index (χ4n) is 2.98. The lowest BCUT2D eigenvalue weighted by atomic mass is 9.77. The van der Waals surface area contributed by atoms with Crippen molar-refractivity contribution in [3.8, 4) is 0 Å². The Hall–Kier alpha value is -1.43. The normalized spacial score (nSPS) is 19.0. The number of benzene rings is 1. The van der Waals surface area contributed by atoms with Crippen molar-refractivity contribution >= 4 is 50.9 Å². The SMILES string of the molecule is CC1(C)OB(c2ccc(Cl)c3c(NS(C)(=O)=O)nn(CC(F)F)c23)OC1(C)C. The molecule has 1 saturated heterocycles. The largest absolute Gasteiger partial charge is 0.497 e. The van der Waals surface area contributed by atoms with Gasteiger partial charge in [-0.2, -0.15) is 5.10 Å². The van der Waals surface area contributed by atoms with Gasteiger partial charge < -0.3 is 9.31 Å². The van der Waals surface area contributed by atoms with E-state index in [1.807, 2.05) is 27.7 Å². The molecule has 0 unspecified atom stereocenters. The van der Waals surface area contributed by atoms with Gasteiger partial charge in [-0.05, 0) is 33.8 Å². The molecule has 0 atom stereocenters. The predicted molar refractivity (Wildman–Crippen MR) is 105 cm³/mol. The van der Waals surface area contributed by atoms with E-state index >= 15 is 0 Å². The number of hydrogen-bond donors (Lipinski definition) is 1. The highest BCUT2D eigenvalue weighted by atomic mass is 35.5. The summed E-state index contributed by atoms with van der Waals surface area (Å²) in [6, 6.07) is 3.15. The first-order valence-electron chi connectivity index (χ1n) is 8.52. The Morgan fingerprint density at radius 2 is 1.82 bits per heavy atom. The number of sulfonamides is 1. The molecular weight excluding hydrogens is 415 g/mol. The maximum atomic E-state index is 13.2. The molecule has 0 radical (unpaired) electrons. The monoisotopic (exact) mass is 435 g/mol. The number of hydrogen-bond acceptors (Lipinski definition) is 5. The molecule has 1 aromatic carbocycles. The minimum absolute atomic E-state index is 0.124. The summed E-state index contributed by atoms with van der Waals surface area (Å²) in [6.07, 6.45) is -1.77. The van der Waals surface area contributed by atoms with Crippen molar-refractivity contribution in [2.45, 2.75) is 51.9 Å². The third-order valence-corrected chi connectivity index (χ3v) is 5.85. The Balaban J connectivity index is 2.23. The molecule has 12 heteroatoms. The van der Waals surface area contributed by atoms with Crippen molar-refractivity contribution in [1.82, 2.24) is 9.78 Å². The molecule has 1 N–H and O–H groups in total. The third-order valence-electron chi connectivity index (χ3n) is 4.97. The Morgan fingerprint density at radius 1 is 1.25 bits per heavy atom. The van der Waals surface area contributed by atoms with E-state index in [-0.39, 0.29) is 21.7 Å². The van der Waals surface area contributed by atoms with Gasteiger partial charge in [0.25, 0.3) is 6.43 Å². The Labute approximate surface area is 167 Å². The van der Waals surface area contributed by atoms with Crippen LogP contribution >= 0.6 is 11.6 Å². The van der Waals surface area contributed by atoms with Crippen molar-refractivity contribution in [2.75, 3.05) is 11.0 Å². The average Bonchev–Trinajstić information content (AvgIpc) is 2.92. The number of rotatable bonds is 5. The molecule has 2 heterocycles. The number of nitrogens with one attached hydrogen (secondary N) is 1. The topological polar surface area (TPSA) is 82.5 Å². The molecule has 3 rings (SSSR count). The third kappa shape index (κ3) is 3.85. The molecule has 0 aliphatic carbocycles. The highest BCUT2D eigenvalue weighted by Crippen LogP contribution is 2.38. The maximum Gasteiger partial charge on any atom is 0.497 e. The summed E-state index contributed by atoms with van der Waals surface area (Å²) < 4.78 is 65.0. The molecule has 1 aliphatic heterocycles. The molecule has 0 bridgehead atoms. The standard InChI is InChI=1S/C16H21BClF2N3O4S/c1-15(2)16(3,4)27-17(26-15)9-6-7-10(18)12-13(9)23(8-11(19)20)21-14(12)22-28(5,24)25/h6-7,11H,8H2,1-5H3,(H,21,22). The van der Waals surface area contributed by atoms with Crippen LogP contribution in [0.15, 0.2) is 12.1 Å². The smallest absolute Gasteiger partial charge is 0.399 e. The molecule has 1 aliphatic rings. The van der Waals surface area contributed by atoms with E-state index in [0.717, 1.165) is 10.9 Å². The Kier molecular flexibility index (Phi) is 5.19. The molecule has 28 heavy (non-hydrogen) atoms. The van der Waals surface area contributed by atoms with Gasteiger partial charge in [0.05, 0.1) is 33.4 Å². The van der Waals surface area contributed by atoms with E-state index in [0.29, 0.717) is 5.46 Å². The second-order valence-electron chi connectivity index (χ2n) is 7.74. The van der Waals surface area contributed by atoms with Crippen LogP contribution in [0.4, 0.5) is 14.6 Å². The lowest BCUT2D eigenvalue weighted by molar-refractivity contribution is 0.00578. The van der Waals surface area contributed by atoms with Gasteiger partial charge in [-0.15, -0.1) is 0 Å². The first-order valence-corrected chi connectivity index (χ1v) is 10.8. The second kappa shape index (κ2) is 6.82. The van der Waals surface area contributed by atoms with E-state index < -0.39 is 41.3 Å². The van der Waals surface area contributed by atoms with Crippen molar-refractivity contribution in [3.63, 3.8) is 0 Å². The van der Waals surface area contributed by atoms with E-state index in [4.69, 9.17) is 20.9 Å². The summed E-state index contributed by atoms with van der Waals surface area (Å²) in [6.45, 7) is 6.73. The molecule has 1 fully saturated rings. The first-order chi connectivity index (χ1) is 12.7. The number of fused-ring (bicyclic) bond motifs is 1. The van der Waals surface area contributed by atoms with Crippen LogP contribution in [-0.4, -0.2) is 49.2 Å². The van der Waals surface area contributed by atoms with Crippen LogP contribution in [0, 0.1) is 0 Å². The molecule has 154 valence electrons. The zero-order valence-corrected chi connectivity index (χ0v) is 17.7. The zero-order chi connectivity index (χ0) is 21.1. The van der Waals surface area contributed by atoms with Crippen LogP contribution in [0.3, 0.4) is 0 Å². The lowest BCUT2D eigenvalue weighted by Gasteiger charge is -2.32. The number of alkyl halides is 2. The first kappa shape index (κ1) is 21.3. The minimum Gasteiger partial charge on any atom is -0.399 e. The summed E-state index contributed by atoms with van der Waals surface area (Å²) in [5.74, 6) is -0.124. The van der Waals surface area contributed by atoms with Crippen LogP contribution in [0.5, 0.6) is 0 Å². The van der Waals surface area contributed by atoms with Crippen molar-refractivity contribution in [1.29, 1.82) is 0 Å². The van der Waals surface area contributed by atoms with Gasteiger partial charge in [-0.3, -0.25) is 9.40 Å². The van der Waals surface area contributed by atoms with Crippen LogP contribution < -0.4 is 10.2 Å². The molecular formula is C16H21BClF2N3O4S. The van der Waals surface area contributed by atoms with Gasteiger partial charge in [0, 0.05) is 5.46 Å². The number of anilines is 1. The predicted octanol–water partition coefficient (Wildman–Crippen LogP) is 2.63. The van der Waals surface area contributed by atoms with Gasteiger partial charge in [0.2, 0.25) is 10.0 Å². The van der Waals surface area contributed by atoms with Crippen molar-refractivity contribution in [3.05, 3.63) is 17.2 Å². The summed E-state index contributed by atoms with van der Waals surface area (Å²) >= 11 is 6.27. The lowest BCUT2D eigenvalue weighted by Crippen LogP contribution is -2.41. The van der Waals surface area contributed by atoms with E-state index in [1.54, 1.807) is 6.07 Å². The average molecular weight is 436 g/mol. The van der Waals surface area contributed by atoms with Gasteiger partial charge in [-0.25, -0.2) is 17.2 Å². The Bertz CT molecular complexity index is 1010. The highest BCUT2D eigenvalue weighted by molar-refractivity contribution is 7.92. The number of aromatic nitrogens is 2. The fraction of sp³-hybridized carbons (Fsp3) is 0.562. The number of nitrogens with zero attached hydrogens (tertiary/aromatic N) is 2. The molecule has 0 amide bonds. The van der Waals surface area contributed by atoms with E-state index in [1.165, 1.54) is 6.07 Å². The molecule has 0 saturated carbocycles. The second-order valence-corrected chi connectivity index (χ2v) is 9.90. The van der Waals surface area contributed by atoms with E-state index in [9.17, 15) is 17.2 Å². The molecule has 7 nitrogen and oxygen atoms in total. The highest BCUT2D eigenvalue weighted by Gasteiger charge is 2.52. The van der Waals surface area contributed by atoms with Crippen molar-refractivity contribution in [2.24, 2.45) is 0 Å². The maximum absolute atomic E-state index is 13.2. The van der Waals surface area contributed by atoms with Gasteiger partial charge in [0.1, 0.15) is 6.54 Å². The molecule has 0 spiro atoms.